The Morgan fingerprint density at radius 1 is 1.29 bits per heavy atom. The quantitative estimate of drug-likeness (QED) is 0.847. The van der Waals surface area contributed by atoms with Crippen LogP contribution in [-0.4, -0.2) is 16.6 Å². The molecule has 1 N–H and O–H groups in total. The molecule has 1 heterocycles. The van der Waals surface area contributed by atoms with Crippen molar-refractivity contribution in [3.05, 3.63) is 18.2 Å². The van der Waals surface area contributed by atoms with Crippen LogP contribution in [0.4, 0.5) is 0 Å². The van der Waals surface area contributed by atoms with E-state index in [4.69, 9.17) is 0 Å². The second-order valence-electron chi connectivity index (χ2n) is 6.23. The summed E-state index contributed by atoms with van der Waals surface area (Å²) in [6, 6.07) is 0.722. The summed E-state index contributed by atoms with van der Waals surface area (Å²) in [6.45, 7) is 4.47. The van der Waals surface area contributed by atoms with Crippen molar-refractivity contribution in [3.8, 4) is 0 Å². The summed E-state index contributed by atoms with van der Waals surface area (Å²) in [6.07, 6.45) is 9.75. The van der Waals surface area contributed by atoms with Gasteiger partial charge < -0.3 is 9.88 Å². The lowest BCUT2D eigenvalue weighted by Gasteiger charge is -2.29. The molecule has 0 aliphatic heterocycles. The van der Waals surface area contributed by atoms with Crippen molar-refractivity contribution in [3.63, 3.8) is 0 Å². The maximum Gasteiger partial charge on any atom is 0.0951 e. The minimum atomic E-state index is 0.0124. The standard InChI is InChI=1S/C14H23N3/c1-14(2,15-3)12-8-16-9-17(12)13(10-4-5-10)11-6-7-11/h8-11,13,15H,4-7H2,1-3H3. The first-order valence-electron chi connectivity index (χ1n) is 6.84. The first-order valence-corrected chi connectivity index (χ1v) is 6.84. The highest BCUT2D eigenvalue weighted by atomic mass is 15.1. The molecule has 2 fully saturated rings. The Labute approximate surface area is 104 Å². The fourth-order valence-electron chi connectivity index (χ4n) is 2.87. The van der Waals surface area contributed by atoms with E-state index in [2.05, 4.69) is 35.0 Å². The zero-order valence-corrected chi connectivity index (χ0v) is 11.1. The van der Waals surface area contributed by atoms with Crippen molar-refractivity contribution in [2.75, 3.05) is 7.05 Å². The fourth-order valence-corrected chi connectivity index (χ4v) is 2.87. The highest BCUT2D eigenvalue weighted by molar-refractivity contribution is 5.14. The summed E-state index contributed by atoms with van der Waals surface area (Å²) in [5.74, 6) is 1.84. The summed E-state index contributed by atoms with van der Waals surface area (Å²) in [5.41, 5.74) is 1.35. The average molecular weight is 233 g/mol. The third-order valence-electron chi connectivity index (χ3n) is 4.46. The van der Waals surface area contributed by atoms with Gasteiger partial charge in [-0.1, -0.05) is 0 Å². The molecule has 3 rings (SSSR count). The zero-order valence-electron chi connectivity index (χ0n) is 11.1. The summed E-state index contributed by atoms with van der Waals surface area (Å²) >= 11 is 0. The molecule has 0 atom stereocenters. The molecule has 0 amide bonds. The Morgan fingerprint density at radius 3 is 2.35 bits per heavy atom. The van der Waals surface area contributed by atoms with E-state index < -0.39 is 0 Å². The predicted molar refractivity (Wildman–Crippen MR) is 68.8 cm³/mol. The van der Waals surface area contributed by atoms with E-state index in [1.165, 1.54) is 31.4 Å². The van der Waals surface area contributed by atoms with Crippen molar-refractivity contribution in [1.29, 1.82) is 0 Å². The normalized spacial score (nSPS) is 21.2. The van der Waals surface area contributed by atoms with Crippen LogP contribution >= 0.6 is 0 Å². The number of hydrogen-bond acceptors (Lipinski definition) is 2. The molecule has 0 bridgehead atoms. The van der Waals surface area contributed by atoms with Gasteiger partial charge in [0.2, 0.25) is 0 Å². The lowest BCUT2D eigenvalue weighted by atomic mass is 9.99. The molecular weight excluding hydrogens is 210 g/mol. The summed E-state index contributed by atoms with van der Waals surface area (Å²) in [5, 5.41) is 3.40. The molecule has 0 aromatic carbocycles. The van der Waals surface area contributed by atoms with Gasteiger partial charge in [-0.15, -0.1) is 0 Å². The van der Waals surface area contributed by atoms with Crippen molar-refractivity contribution in [2.24, 2.45) is 11.8 Å². The molecule has 17 heavy (non-hydrogen) atoms. The molecule has 3 nitrogen and oxygen atoms in total. The first kappa shape index (κ1) is 11.3. The monoisotopic (exact) mass is 233 g/mol. The minimum Gasteiger partial charge on any atom is -0.329 e. The van der Waals surface area contributed by atoms with Crippen LogP contribution in [0.25, 0.3) is 0 Å². The van der Waals surface area contributed by atoms with Crippen LogP contribution in [0.5, 0.6) is 0 Å². The molecule has 2 saturated carbocycles. The number of aromatic nitrogens is 2. The smallest absolute Gasteiger partial charge is 0.0951 e. The Balaban J connectivity index is 1.93. The van der Waals surface area contributed by atoms with Crippen LogP contribution in [-0.2, 0) is 5.54 Å². The molecule has 1 aromatic heterocycles. The number of imidazole rings is 1. The van der Waals surface area contributed by atoms with E-state index in [9.17, 15) is 0 Å². The van der Waals surface area contributed by atoms with Gasteiger partial charge in [-0.05, 0) is 58.4 Å². The highest BCUT2D eigenvalue weighted by Gasteiger charge is 2.44. The van der Waals surface area contributed by atoms with Crippen molar-refractivity contribution < 1.29 is 0 Å². The lowest BCUT2D eigenvalue weighted by Crippen LogP contribution is -2.36. The maximum absolute atomic E-state index is 4.40. The number of nitrogens with one attached hydrogen (secondary N) is 1. The van der Waals surface area contributed by atoms with Crippen LogP contribution in [0.15, 0.2) is 12.5 Å². The Morgan fingerprint density at radius 2 is 1.88 bits per heavy atom. The van der Waals surface area contributed by atoms with E-state index in [1.54, 1.807) is 0 Å². The molecular formula is C14H23N3. The highest BCUT2D eigenvalue weighted by Crippen LogP contribution is 2.52. The van der Waals surface area contributed by atoms with Crippen LogP contribution in [0.3, 0.4) is 0 Å². The van der Waals surface area contributed by atoms with Crippen molar-refractivity contribution in [1.82, 2.24) is 14.9 Å². The molecule has 1 aromatic rings. The van der Waals surface area contributed by atoms with Gasteiger partial charge in [0.05, 0.1) is 23.8 Å². The summed E-state index contributed by atoms with van der Waals surface area (Å²) in [7, 11) is 2.03. The van der Waals surface area contributed by atoms with Crippen LogP contribution in [0.1, 0.15) is 51.3 Å². The molecule has 0 radical (unpaired) electrons. The Hall–Kier alpha value is -0.830. The van der Waals surface area contributed by atoms with E-state index in [0.29, 0.717) is 0 Å². The molecule has 0 saturated heterocycles. The molecule has 2 aliphatic carbocycles. The van der Waals surface area contributed by atoms with Gasteiger partial charge in [-0.3, -0.25) is 0 Å². The van der Waals surface area contributed by atoms with Gasteiger partial charge in [0.25, 0.3) is 0 Å². The predicted octanol–water partition coefficient (Wildman–Crippen LogP) is 2.70. The number of rotatable bonds is 5. The lowest BCUT2D eigenvalue weighted by molar-refractivity contribution is 0.338. The van der Waals surface area contributed by atoms with E-state index in [1.807, 2.05) is 13.2 Å². The topological polar surface area (TPSA) is 29.9 Å². The molecule has 94 valence electrons. The van der Waals surface area contributed by atoms with Gasteiger partial charge in [-0.25, -0.2) is 4.98 Å². The second-order valence-corrected chi connectivity index (χ2v) is 6.23. The first-order chi connectivity index (χ1) is 8.13. The van der Waals surface area contributed by atoms with Crippen molar-refractivity contribution in [2.45, 2.75) is 51.1 Å². The van der Waals surface area contributed by atoms with Crippen LogP contribution < -0.4 is 5.32 Å². The van der Waals surface area contributed by atoms with Gasteiger partial charge in [0.15, 0.2) is 0 Å². The minimum absolute atomic E-state index is 0.0124. The maximum atomic E-state index is 4.40. The average Bonchev–Trinajstić information content (AvgIpc) is 3.20. The van der Waals surface area contributed by atoms with Gasteiger partial charge in [0.1, 0.15) is 0 Å². The Kier molecular flexibility index (Phi) is 2.54. The fraction of sp³-hybridized carbons (Fsp3) is 0.786. The largest absolute Gasteiger partial charge is 0.329 e. The van der Waals surface area contributed by atoms with Crippen LogP contribution in [0, 0.1) is 11.8 Å². The zero-order chi connectivity index (χ0) is 12.0. The van der Waals surface area contributed by atoms with Gasteiger partial charge in [-0.2, -0.15) is 0 Å². The van der Waals surface area contributed by atoms with E-state index >= 15 is 0 Å². The van der Waals surface area contributed by atoms with Crippen molar-refractivity contribution >= 4 is 0 Å². The second kappa shape index (κ2) is 3.84. The Bertz CT molecular complexity index is 387. The SMILES string of the molecule is CNC(C)(C)c1cncn1C(C1CC1)C1CC1. The molecule has 0 spiro atoms. The van der Waals surface area contributed by atoms with Gasteiger partial charge >= 0.3 is 0 Å². The number of hydrogen-bond donors (Lipinski definition) is 1. The number of nitrogens with zero attached hydrogens (tertiary/aromatic N) is 2. The van der Waals surface area contributed by atoms with Crippen LogP contribution in [0.2, 0.25) is 0 Å². The summed E-state index contributed by atoms with van der Waals surface area (Å²) in [4.78, 5) is 4.40. The van der Waals surface area contributed by atoms with E-state index in [0.717, 1.165) is 17.9 Å². The third kappa shape index (κ3) is 2.01. The van der Waals surface area contributed by atoms with Gasteiger partial charge in [0, 0.05) is 6.04 Å². The third-order valence-corrected chi connectivity index (χ3v) is 4.46. The summed E-state index contributed by atoms with van der Waals surface area (Å²) < 4.78 is 2.46. The molecule has 0 unspecified atom stereocenters. The van der Waals surface area contributed by atoms with E-state index in [-0.39, 0.29) is 5.54 Å². The molecule has 2 aliphatic rings. The molecule has 3 heteroatoms.